The van der Waals surface area contributed by atoms with Crippen LogP contribution in [0.15, 0.2) is 30.2 Å². The molecule has 5 nitrogen and oxygen atoms in total. The molecular formula is C22H29N3O2S. The van der Waals surface area contributed by atoms with E-state index in [1.54, 1.807) is 11.8 Å². The fourth-order valence-corrected chi connectivity index (χ4v) is 5.51. The molecule has 28 heavy (non-hydrogen) atoms. The first-order chi connectivity index (χ1) is 13.7. The highest BCUT2D eigenvalue weighted by Gasteiger charge is 2.32. The number of carbonyl (C=O) groups excluding carboxylic acids is 1. The molecule has 150 valence electrons. The minimum absolute atomic E-state index is 0.0352. The van der Waals surface area contributed by atoms with E-state index in [0.717, 1.165) is 34.0 Å². The predicted octanol–water partition coefficient (Wildman–Crippen LogP) is 4.27. The van der Waals surface area contributed by atoms with Crippen molar-refractivity contribution in [1.29, 1.82) is 0 Å². The topological polar surface area (TPSA) is 47.4 Å². The summed E-state index contributed by atoms with van der Waals surface area (Å²) in [6.07, 6.45) is 10.2. The number of hydrogen-bond acceptors (Lipinski definition) is 4. The van der Waals surface area contributed by atoms with Gasteiger partial charge in [-0.15, -0.1) is 11.8 Å². The van der Waals surface area contributed by atoms with Crippen molar-refractivity contribution in [1.82, 2.24) is 14.7 Å². The third kappa shape index (κ3) is 3.72. The Bertz CT molecular complexity index is 799. The van der Waals surface area contributed by atoms with Gasteiger partial charge in [0.05, 0.1) is 18.9 Å². The number of aromatic nitrogens is 2. The standard InChI is InChI=1S/C22H29N3O2S/c1-3-17-19(4-2)28-15-18-20(22(26)24-10-12-27-13-11-24)23-25(21(17)18)14-16-8-6-5-7-9-16/h3-4,16H,1-2,5-15H2. The lowest BCUT2D eigenvalue weighted by Crippen LogP contribution is -2.41. The summed E-state index contributed by atoms with van der Waals surface area (Å²) in [6.45, 7) is 11.4. The number of thioether (sulfide) groups is 1. The summed E-state index contributed by atoms with van der Waals surface area (Å²) < 4.78 is 7.51. The van der Waals surface area contributed by atoms with Gasteiger partial charge in [-0.2, -0.15) is 5.10 Å². The molecule has 1 saturated heterocycles. The Hall–Kier alpha value is -1.79. The van der Waals surface area contributed by atoms with Crippen molar-refractivity contribution in [2.45, 2.75) is 44.4 Å². The highest BCUT2D eigenvalue weighted by atomic mass is 32.2. The summed E-state index contributed by atoms with van der Waals surface area (Å²) in [7, 11) is 0. The van der Waals surface area contributed by atoms with E-state index < -0.39 is 0 Å². The molecule has 3 heterocycles. The number of amides is 1. The van der Waals surface area contributed by atoms with Gasteiger partial charge in [0.25, 0.3) is 5.91 Å². The van der Waals surface area contributed by atoms with E-state index in [2.05, 4.69) is 17.8 Å². The SMILES string of the molecule is C=CC1=C(C=C)c2c(c(C(=O)N3CCOCC3)nn2CC2CCCCC2)CS1. The fraction of sp³-hybridized carbons (Fsp3) is 0.545. The van der Waals surface area contributed by atoms with Crippen LogP contribution in [0.25, 0.3) is 5.57 Å². The molecule has 1 aromatic rings. The first-order valence-corrected chi connectivity index (χ1v) is 11.3. The molecule has 0 spiro atoms. The molecule has 3 aliphatic rings. The zero-order valence-corrected chi connectivity index (χ0v) is 17.3. The highest BCUT2D eigenvalue weighted by molar-refractivity contribution is 8.02. The summed E-state index contributed by atoms with van der Waals surface area (Å²) in [5.41, 5.74) is 3.80. The van der Waals surface area contributed by atoms with Crippen molar-refractivity contribution in [3.8, 4) is 0 Å². The van der Waals surface area contributed by atoms with Crippen molar-refractivity contribution in [2.24, 2.45) is 5.92 Å². The summed E-state index contributed by atoms with van der Waals surface area (Å²) in [5, 5.41) is 4.88. The summed E-state index contributed by atoms with van der Waals surface area (Å²) >= 11 is 1.72. The number of allylic oxidation sites excluding steroid dienone is 3. The van der Waals surface area contributed by atoms with Gasteiger partial charge in [-0.3, -0.25) is 9.48 Å². The molecule has 1 amide bonds. The second-order valence-corrected chi connectivity index (χ2v) is 8.76. The maximum absolute atomic E-state index is 13.2. The average molecular weight is 400 g/mol. The minimum Gasteiger partial charge on any atom is -0.378 e. The van der Waals surface area contributed by atoms with Crippen LogP contribution in [-0.4, -0.2) is 46.9 Å². The zero-order valence-electron chi connectivity index (χ0n) is 16.5. The lowest BCUT2D eigenvalue weighted by atomic mass is 9.89. The van der Waals surface area contributed by atoms with Crippen LogP contribution >= 0.6 is 11.8 Å². The van der Waals surface area contributed by atoms with E-state index in [1.807, 2.05) is 17.1 Å². The molecule has 0 atom stereocenters. The molecule has 1 aliphatic carbocycles. The van der Waals surface area contributed by atoms with Gasteiger partial charge in [0.15, 0.2) is 5.69 Å². The smallest absolute Gasteiger partial charge is 0.274 e. The molecule has 1 aromatic heterocycles. The maximum atomic E-state index is 13.2. The third-order valence-electron chi connectivity index (χ3n) is 5.99. The summed E-state index contributed by atoms with van der Waals surface area (Å²) in [5.74, 6) is 1.43. The van der Waals surface area contributed by atoms with Gasteiger partial charge < -0.3 is 9.64 Å². The highest BCUT2D eigenvalue weighted by Crippen LogP contribution is 2.41. The molecule has 0 N–H and O–H groups in total. The van der Waals surface area contributed by atoms with E-state index in [1.165, 1.54) is 32.1 Å². The van der Waals surface area contributed by atoms with Crippen LogP contribution in [0.4, 0.5) is 0 Å². The van der Waals surface area contributed by atoms with E-state index in [0.29, 0.717) is 37.9 Å². The summed E-state index contributed by atoms with van der Waals surface area (Å²) in [6, 6.07) is 0. The number of nitrogens with zero attached hydrogens (tertiary/aromatic N) is 3. The molecule has 6 heteroatoms. The molecule has 0 radical (unpaired) electrons. The zero-order chi connectivity index (χ0) is 19.5. The third-order valence-corrected chi connectivity index (χ3v) is 7.12. The van der Waals surface area contributed by atoms with Gasteiger partial charge in [-0.05, 0) is 18.8 Å². The number of hydrogen-bond donors (Lipinski definition) is 0. The van der Waals surface area contributed by atoms with E-state index in [9.17, 15) is 4.79 Å². The van der Waals surface area contributed by atoms with Crippen molar-refractivity contribution in [2.75, 3.05) is 26.3 Å². The normalized spacial score (nSPS) is 20.8. The van der Waals surface area contributed by atoms with Crippen LogP contribution < -0.4 is 0 Å². The monoisotopic (exact) mass is 399 g/mol. The Morgan fingerprint density at radius 1 is 1.18 bits per heavy atom. The maximum Gasteiger partial charge on any atom is 0.274 e. The van der Waals surface area contributed by atoms with Crippen LogP contribution in [-0.2, 0) is 17.0 Å². The molecule has 1 saturated carbocycles. The van der Waals surface area contributed by atoms with Crippen molar-refractivity contribution in [3.63, 3.8) is 0 Å². The van der Waals surface area contributed by atoms with Gasteiger partial charge in [-0.25, -0.2) is 0 Å². The number of ether oxygens (including phenoxy) is 1. The van der Waals surface area contributed by atoms with E-state index >= 15 is 0 Å². The first kappa shape index (κ1) is 19.5. The van der Waals surface area contributed by atoms with Crippen molar-refractivity contribution >= 4 is 23.2 Å². The Kier molecular flexibility index (Phi) is 6.07. The lowest BCUT2D eigenvalue weighted by Gasteiger charge is -2.26. The number of fused-ring (bicyclic) bond motifs is 1. The molecular weight excluding hydrogens is 370 g/mol. The van der Waals surface area contributed by atoms with Crippen molar-refractivity contribution in [3.05, 3.63) is 47.2 Å². The minimum atomic E-state index is 0.0352. The molecule has 0 bridgehead atoms. The Morgan fingerprint density at radius 2 is 1.93 bits per heavy atom. The van der Waals surface area contributed by atoms with Crippen LogP contribution in [0, 0.1) is 5.92 Å². The lowest BCUT2D eigenvalue weighted by molar-refractivity contribution is 0.0297. The Labute approximate surface area is 171 Å². The van der Waals surface area contributed by atoms with Crippen LogP contribution in [0.5, 0.6) is 0 Å². The van der Waals surface area contributed by atoms with Gasteiger partial charge in [0, 0.05) is 41.4 Å². The summed E-state index contributed by atoms with van der Waals surface area (Å²) in [4.78, 5) is 16.2. The number of morpholine rings is 1. The van der Waals surface area contributed by atoms with Crippen LogP contribution in [0.1, 0.15) is 53.8 Å². The quantitative estimate of drug-likeness (QED) is 0.742. The van der Waals surface area contributed by atoms with Crippen LogP contribution in [0.3, 0.4) is 0 Å². The molecule has 2 aliphatic heterocycles. The second-order valence-electron chi connectivity index (χ2n) is 7.74. The first-order valence-electron chi connectivity index (χ1n) is 10.3. The largest absolute Gasteiger partial charge is 0.378 e. The van der Waals surface area contributed by atoms with E-state index in [-0.39, 0.29) is 5.91 Å². The molecule has 2 fully saturated rings. The van der Waals surface area contributed by atoms with E-state index in [4.69, 9.17) is 9.84 Å². The fourth-order valence-electron chi connectivity index (χ4n) is 4.48. The Balaban J connectivity index is 1.73. The van der Waals surface area contributed by atoms with Gasteiger partial charge >= 0.3 is 0 Å². The van der Waals surface area contributed by atoms with Crippen molar-refractivity contribution < 1.29 is 9.53 Å². The molecule has 4 rings (SSSR count). The van der Waals surface area contributed by atoms with Gasteiger partial charge in [-0.1, -0.05) is 44.6 Å². The molecule has 0 aromatic carbocycles. The van der Waals surface area contributed by atoms with Crippen LogP contribution in [0.2, 0.25) is 0 Å². The number of rotatable bonds is 5. The molecule has 0 unspecified atom stereocenters. The average Bonchev–Trinajstić information content (AvgIpc) is 3.12. The van der Waals surface area contributed by atoms with Gasteiger partial charge in [0.1, 0.15) is 0 Å². The number of carbonyl (C=O) groups is 1. The van der Waals surface area contributed by atoms with Gasteiger partial charge in [0.2, 0.25) is 0 Å². The Morgan fingerprint density at radius 3 is 2.61 bits per heavy atom. The predicted molar refractivity (Wildman–Crippen MR) is 114 cm³/mol. The second kappa shape index (κ2) is 8.70.